The lowest BCUT2D eigenvalue weighted by Crippen LogP contribution is -2.45. The van der Waals surface area contributed by atoms with Gasteiger partial charge in [-0.15, -0.1) is 0 Å². The van der Waals surface area contributed by atoms with Gasteiger partial charge in [-0.25, -0.2) is 0 Å². The summed E-state index contributed by atoms with van der Waals surface area (Å²) in [5, 5.41) is 2.89. The van der Waals surface area contributed by atoms with Gasteiger partial charge in [0.1, 0.15) is 22.1 Å². The maximum Gasteiger partial charge on any atom is 0.273 e. The Labute approximate surface area is 211 Å². The minimum atomic E-state index is -1.23. The summed E-state index contributed by atoms with van der Waals surface area (Å²) in [6, 6.07) is 8.84. The van der Waals surface area contributed by atoms with Gasteiger partial charge < -0.3 is 30.7 Å². The summed E-state index contributed by atoms with van der Waals surface area (Å²) in [5.74, 6) is -0.897. The Bertz CT molecular complexity index is 1270. The Morgan fingerprint density at radius 2 is 2.06 bits per heavy atom. The van der Waals surface area contributed by atoms with Gasteiger partial charge in [-0.1, -0.05) is 12.1 Å². The molecule has 11 nitrogen and oxygen atoms in total. The smallest absolute Gasteiger partial charge is 0.273 e. The van der Waals surface area contributed by atoms with Crippen LogP contribution in [0.4, 0.5) is 11.4 Å². The van der Waals surface area contributed by atoms with Crippen LogP contribution in [0.2, 0.25) is 0 Å². The number of carbonyl (C=O) groups excluding carboxylic acids is 3. The molecule has 3 heterocycles. The van der Waals surface area contributed by atoms with Crippen LogP contribution < -0.4 is 26.4 Å². The van der Waals surface area contributed by atoms with E-state index >= 15 is 0 Å². The van der Waals surface area contributed by atoms with Crippen molar-refractivity contribution in [3.8, 4) is 5.75 Å². The number of furan rings is 1. The van der Waals surface area contributed by atoms with Crippen molar-refractivity contribution in [2.45, 2.75) is 31.9 Å². The fourth-order valence-electron chi connectivity index (χ4n) is 4.02. The van der Waals surface area contributed by atoms with Crippen molar-refractivity contribution in [3.63, 3.8) is 0 Å². The molecule has 0 unspecified atom stereocenters. The molecule has 1 aliphatic heterocycles. The highest BCUT2D eigenvalue weighted by Gasteiger charge is 2.39. The Morgan fingerprint density at radius 1 is 1.28 bits per heavy atom. The van der Waals surface area contributed by atoms with Crippen molar-refractivity contribution in [2.75, 3.05) is 30.9 Å². The summed E-state index contributed by atoms with van der Waals surface area (Å²) in [5.41, 5.74) is 11.4. The maximum absolute atomic E-state index is 14.0. The van der Waals surface area contributed by atoms with Crippen molar-refractivity contribution in [1.82, 2.24) is 9.69 Å². The Balaban J connectivity index is 1.82. The van der Waals surface area contributed by atoms with E-state index in [0.29, 0.717) is 23.8 Å². The molecule has 3 aromatic rings. The number of hydrogen-bond donors (Lipinski definition) is 3. The largest absolute Gasteiger partial charge is 0.495 e. The van der Waals surface area contributed by atoms with Crippen LogP contribution in [0.1, 0.15) is 50.6 Å². The van der Waals surface area contributed by atoms with Gasteiger partial charge in [-0.2, -0.15) is 4.37 Å². The van der Waals surface area contributed by atoms with Crippen LogP contribution in [0.5, 0.6) is 5.75 Å². The molecule has 1 aliphatic rings. The van der Waals surface area contributed by atoms with Crippen molar-refractivity contribution in [1.29, 1.82) is 0 Å². The molecule has 2 aromatic heterocycles. The highest BCUT2D eigenvalue weighted by atomic mass is 32.1. The normalized spacial score (nSPS) is 15.9. The number of nitrogen functional groups attached to an aromatic ring is 1. The number of aromatic nitrogens is 1. The van der Waals surface area contributed by atoms with Crippen molar-refractivity contribution in [2.24, 2.45) is 5.73 Å². The summed E-state index contributed by atoms with van der Waals surface area (Å²) in [6.45, 7) is 2.65. The standard InChI is InChI=1S/C24H27N5O6S/c1-13-9-10-17(35-13)20(23(31)27-12-14-6-5-11-34-14)29(15-7-3-4-8-16(15)33-2)24(32)21-18(25)19(22(26)30)28-36-21/h3-4,7-10,14,20H,5-6,11-12,25H2,1-2H3,(H2,26,30)(H,27,31)/t14-,20-/m0/s1. The number of nitrogens with two attached hydrogens (primary N) is 2. The average Bonchev–Trinajstić information content (AvgIpc) is 3.62. The SMILES string of the molecule is COc1ccccc1N(C(=O)c1snc(C(N)=O)c1N)[C@H](C(=O)NC[C@@H]1CCCO1)c1ccc(C)o1. The minimum absolute atomic E-state index is 0.0464. The van der Waals surface area contributed by atoms with Gasteiger partial charge in [0.2, 0.25) is 0 Å². The second kappa shape index (κ2) is 10.8. The molecule has 5 N–H and O–H groups in total. The van der Waals surface area contributed by atoms with E-state index in [1.165, 1.54) is 12.0 Å². The fourth-order valence-corrected chi connectivity index (χ4v) is 4.77. The number of anilines is 2. The first-order valence-electron chi connectivity index (χ1n) is 11.3. The fraction of sp³-hybridized carbons (Fsp3) is 0.333. The maximum atomic E-state index is 14.0. The molecule has 1 saturated heterocycles. The van der Waals surface area contributed by atoms with E-state index in [4.69, 9.17) is 25.4 Å². The van der Waals surface area contributed by atoms with E-state index in [2.05, 4.69) is 9.69 Å². The molecule has 0 bridgehead atoms. The van der Waals surface area contributed by atoms with Crippen LogP contribution in [0, 0.1) is 6.92 Å². The molecule has 1 aromatic carbocycles. The molecule has 3 amide bonds. The lowest BCUT2D eigenvalue weighted by atomic mass is 10.1. The van der Waals surface area contributed by atoms with Crippen LogP contribution in [-0.4, -0.2) is 48.5 Å². The van der Waals surface area contributed by atoms with E-state index in [0.717, 1.165) is 24.4 Å². The number of para-hydroxylation sites is 2. The molecule has 12 heteroatoms. The van der Waals surface area contributed by atoms with Crippen LogP contribution in [0.25, 0.3) is 0 Å². The molecule has 190 valence electrons. The van der Waals surface area contributed by atoms with Gasteiger partial charge in [0, 0.05) is 13.2 Å². The Morgan fingerprint density at radius 3 is 2.67 bits per heavy atom. The zero-order valence-corrected chi connectivity index (χ0v) is 20.7. The minimum Gasteiger partial charge on any atom is -0.495 e. The number of primary amides is 1. The number of aryl methyl sites for hydroxylation is 1. The monoisotopic (exact) mass is 513 g/mol. The van der Waals surface area contributed by atoms with Crippen LogP contribution in [0.3, 0.4) is 0 Å². The molecule has 4 rings (SSSR count). The number of amides is 3. The first-order valence-corrected chi connectivity index (χ1v) is 12.1. The quantitative estimate of drug-likeness (QED) is 0.393. The van der Waals surface area contributed by atoms with E-state index in [-0.39, 0.29) is 34.7 Å². The van der Waals surface area contributed by atoms with Crippen LogP contribution in [-0.2, 0) is 9.53 Å². The number of ether oxygens (including phenoxy) is 2. The lowest BCUT2D eigenvalue weighted by Gasteiger charge is -2.31. The average molecular weight is 514 g/mol. The zero-order valence-electron chi connectivity index (χ0n) is 19.9. The predicted octanol–water partition coefficient (Wildman–Crippen LogP) is 2.42. The van der Waals surface area contributed by atoms with Gasteiger partial charge >= 0.3 is 0 Å². The van der Waals surface area contributed by atoms with Gasteiger partial charge in [0.25, 0.3) is 17.7 Å². The van der Waals surface area contributed by atoms with Gasteiger partial charge in [0.15, 0.2) is 11.7 Å². The third-order valence-corrected chi connectivity index (χ3v) is 6.64. The number of nitrogens with zero attached hydrogens (tertiary/aromatic N) is 2. The summed E-state index contributed by atoms with van der Waals surface area (Å²) < 4.78 is 20.9. The second-order valence-electron chi connectivity index (χ2n) is 8.22. The highest BCUT2D eigenvalue weighted by Crippen LogP contribution is 2.38. The first-order chi connectivity index (χ1) is 17.3. The van der Waals surface area contributed by atoms with Crippen molar-refractivity contribution < 1.29 is 28.3 Å². The van der Waals surface area contributed by atoms with Gasteiger partial charge in [-0.3, -0.25) is 19.3 Å². The van der Waals surface area contributed by atoms with Crippen molar-refractivity contribution >= 4 is 40.6 Å². The van der Waals surface area contributed by atoms with E-state index in [1.54, 1.807) is 43.3 Å². The summed E-state index contributed by atoms with van der Waals surface area (Å²) >= 11 is 0.722. The number of hydrogen-bond acceptors (Lipinski definition) is 9. The summed E-state index contributed by atoms with van der Waals surface area (Å²) in [7, 11) is 1.46. The van der Waals surface area contributed by atoms with E-state index < -0.39 is 23.8 Å². The molecule has 1 fully saturated rings. The molecule has 0 saturated carbocycles. The molecule has 36 heavy (non-hydrogen) atoms. The summed E-state index contributed by atoms with van der Waals surface area (Å²) in [4.78, 5) is 40.6. The molecule has 0 radical (unpaired) electrons. The number of nitrogens with one attached hydrogen (secondary N) is 1. The molecule has 2 atom stereocenters. The predicted molar refractivity (Wildman–Crippen MR) is 133 cm³/mol. The van der Waals surface area contributed by atoms with Gasteiger partial charge in [0.05, 0.1) is 24.6 Å². The molecular weight excluding hydrogens is 486 g/mol. The first kappa shape index (κ1) is 25.2. The topological polar surface area (TPSA) is 163 Å². The summed E-state index contributed by atoms with van der Waals surface area (Å²) in [6.07, 6.45) is 1.63. The number of carbonyl (C=O) groups is 3. The number of benzene rings is 1. The second-order valence-corrected chi connectivity index (χ2v) is 8.99. The third-order valence-electron chi connectivity index (χ3n) is 5.78. The van der Waals surface area contributed by atoms with Crippen LogP contribution >= 0.6 is 11.5 Å². The van der Waals surface area contributed by atoms with E-state index in [9.17, 15) is 14.4 Å². The Kier molecular flexibility index (Phi) is 7.55. The third kappa shape index (κ3) is 5.04. The van der Waals surface area contributed by atoms with Crippen LogP contribution in [0.15, 0.2) is 40.8 Å². The number of rotatable bonds is 9. The molecule has 0 aliphatic carbocycles. The van der Waals surface area contributed by atoms with Gasteiger partial charge in [-0.05, 0) is 55.6 Å². The van der Waals surface area contributed by atoms with Crippen molar-refractivity contribution in [3.05, 3.63) is 58.5 Å². The molecule has 0 spiro atoms. The Hall–Kier alpha value is -3.90. The lowest BCUT2D eigenvalue weighted by molar-refractivity contribution is -0.123. The highest BCUT2D eigenvalue weighted by molar-refractivity contribution is 7.09. The number of methoxy groups -OCH3 is 1. The molecular formula is C24H27N5O6S. The van der Waals surface area contributed by atoms with E-state index in [1.807, 2.05) is 0 Å². The zero-order chi connectivity index (χ0) is 25.8.